The molecule has 0 saturated carbocycles. The van der Waals surface area contributed by atoms with Crippen molar-refractivity contribution in [3.63, 3.8) is 0 Å². The zero-order valence-corrected chi connectivity index (χ0v) is 8.20. The van der Waals surface area contributed by atoms with E-state index in [1.807, 2.05) is 0 Å². The lowest BCUT2D eigenvalue weighted by atomic mass is 10.1. The number of carbonyl (C=O) groups is 2. The lowest BCUT2D eigenvalue weighted by Gasteiger charge is -2.19. The zero-order chi connectivity index (χ0) is 12.3. The largest absolute Gasteiger partial charge is 0.546 e. The number of carboxylic acid groups (broad SMARTS) is 1. The Morgan fingerprint density at radius 1 is 1.31 bits per heavy atom. The summed E-state index contributed by atoms with van der Waals surface area (Å²) in [6.45, 7) is 0.925. The predicted molar refractivity (Wildman–Crippen MR) is 45.9 cm³/mol. The van der Waals surface area contributed by atoms with Gasteiger partial charge < -0.3 is 14.6 Å². The van der Waals surface area contributed by atoms with Crippen LogP contribution in [-0.4, -0.2) is 11.9 Å². The van der Waals surface area contributed by atoms with E-state index in [1.54, 1.807) is 0 Å². The first-order chi connectivity index (χ1) is 7.43. The Kier molecular flexibility index (Phi) is 3.55. The maximum atomic E-state index is 13.2. The molecular weight excluding hydrogens is 222 g/mol. The summed E-state index contributed by atoms with van der Waals surface area (Å²) in [7, 11) is 0. The number of carbonyl (C=O) groups excluding carboxylic acids is 2. The minimum atomic E-state index is -2.08. The smallest absolute Gasteiger partial charge is 0.303 e. The monoisotopic (exact) mass is 229 g/mol. The van der Waals surface area contributed by atoms with Crippen molar-refractivity contribution in [2.24, 2.45) is 0 Å². The van der Waals surface area contributed by atoms with Gasteiger partial charge in [0.2, 0.25) is 0 Å². The lowest BCUT2D eigenvalue weighted by molar-refractivity contribution is -0.316. The molecule has 0 radical (unpaired) electrons. The molecule has 1 rings (SSSR count). The van der Waals surface area contributed by atoms with Crippen LogP contribution in [0.5, 0.6) is 0 Å². The van der Waals surface area contributed by atoms with Crippen LogP contribution in [0.2, 0.25) is 0 Å². The third kappa shape index (κ3) is 2.53. The van der Waals surface area contributed by atoms with E-state index in [4.69, 9.17) is 0 Å². The van der Waals surface area contributed by atoms with Gasteiger partial charge in [-0.05, 0) is 12.1 Å². The maximum Gasteiger partial charge on any atom is 0.303 e. The molecule has 0 bridgehead atoms. The highest BCUT2D eigenvalue weighted by Gasteiger charge is 2.23. The summed E-state index contributed by atoms with van der Waals surface area (Å²) in [4.78, 5) is 21.2. The van der Waals surface area contributed by atoms with Gasteiger partial charge in [0, 0.05) is 6.92 Å². The molecule has 0 heterocycles. The third-order valence-electron chi connectivity index (χ3n) is 1.76. The van der Waals surface area contributed by atoms with Gasteiger partial charge in [-0.25, -0.2) is 8.78 Å². The van der Waals surface area contributed by atoms with Crippen LogP contribution in [0.1, 0.15) is 18.6 Å². The van der Waals surface area contributed by atoms with E-state index in [0.717, 1.165) is 25.1 Å². The van der Waals surface area contributed by atoms with Gasteiger partial charge in [-0.3, -0.25) is 4.79 Å². The Hall–Kier alpha value is -1.98. The summed E-state index contributed by atoms with van der Waals surface area (Å²) < 4.78 is 30.7. The summed E-state index contributed by atoms with van der Waals surface area (Å²) in [6.07, 6.45) is -2.08. The molecule has 6 heteroatoms. The van der Waals surface area contributed by atoms with Crippen LogP contribution in [0.25, 0.3) is 0 Å². The van der Waals surface area contributed by atoms with Gasteiger partial charge in [0.05, 0.1) is 11.5 Å². The van der Waals surface area contributed by atoms with Crippen LogP contribution in [-0.2, 0) is 14.3 Å². The molecule has 0 N–H and O–H groups in total. The molecule has 86 valence electrons. The quantitative estimate of drug-likeness (QED) is 0.700. The Morgan fingerprint density at radius 3 is 2.19 bits per heavy atom. The number of hydrogen-bond acceptors (Lipinski definition) is 4. The number of hydrogen-bond donors (Lipinski definition) is 0. The fourth-order valence-corrected chi connectivity index (χ4v) is 1.15. The van der Waals surface area contributed by atoms with Crippen molar-refractivity contribution in [3.8, 4) is 0 Å². The Balaban J connectivity index is 3.20. The molecule has 16 heavy (non-hydrogen) atoms. The first-order valence-electron chi connectivity index (χ1n) is 4.25. The van der Waals surface area contributed by atoms with Crippen LogP contribution in [0.4, 0.5) is 8.78 Å². The van der Waals surface area contributed by atoms with Crippen LogP contribution in [0.15, 0.2) is 18.2 Å². The molecule has 1 aromatic carbocycles. The standard InChI is InChI=1S/C10H8F2O4/c1-5(13)16-9(10(14)15)8-6(11)3-2-4-7(8)12/h2-4,9H,1H3,(H,14,15)/p-1/t9-/m1/s1. The van der Waals surface area contributed by atoms with Crippen molar-refractivity contribution in [1.29, 1.82) is 0 Å². The third-order valence-corrected chi connectivity index (χ3v) is 1.76. The fraction of sp³-hybridized carbons (Fsp3) is 0.200. The molecule has 0 amide bonds. The van der Waals surface area contributed by atoms with Crippen molar-refractivity contribution < 1.29 is 28.2 Å². The summed E-state index contributed by atoms with van der Waals surface area (Å²) >= 11 is 0. The zero-order valence-electron chi connectivity index (χ0n) is 8.20. The number of halogens is 2. The number of aliphatic carboxylic acids is 1. The number of carboxylic acids is 1. The minimum Gasteiger partial charge on any atom is -0.546 e. The van der Waals surface area contributed by atoms with Gasteiger partial charge >= 0.3 is 5.97 Å². The van der Waals surface area contributed by atoms with Crippen LogP contribution >= 0.6 is 0 Å². The van der Waals surface area contributed by atoms with E-state index in [2.05, 4.69) is 4.74 Å². The Labute approximate surface area is 89.5 Å². The molecular formula is C10H7F2O4-. The SMILES string of the molecule is CC(=O)O[C@@H](C(=O)[O-])c1c(F)cccc1F. The fourth-order valence-electron chi connectivity index (χ4n) is 1.15. The van der Waals surface area contributed by atoms with Crippen LogP contribution < -0.4 is 5.11 Å². The molecule has 0 aliphatic rings. The van der Waals surface area contributed by atoms with Crippen molar-refractivity contribution in [1.82, 2.24) is 0 Å². The highest BCUT2D eigenvalue weighted by Crippen LogP contribution is 2.23. The second-order valence-electron chi connectivity index (χ2n) is 2.94. The average molecular weight is 229 g/mol. The molecule has 1 atom stereocenters. The predicted octanol–water partition coefficient (Wildman–Crippen LogP) is 0.319. The normalized spacial score (nSPS) is 11.9. The lowest BCUT2D eigenvalue weighted by Crippen LogP contribution is -2.33. The number of ether oxygens (including phenoxy) is 1. The Bertz CT molecular complexity index is 411. The number of esters is 1. The summed E-state index contributed by atoms with van der Waals surface area (Å²) in [5.74, 6) is -5.10. The van der Waals surface area contributed by atoms with Gasteiger partial charge in [-0.2, -0.15) is 0 Å². The highest BCUT2D eigenvalue weighted by atomic mass is 19.1. The molecule has 0 aliphatic carbocycles. The van der Waals surface area contributed by atoms with Gasteiger partial charge in [-0.1, -0.05) is 6.07 Å². The molecule has 1 aromatic rings. The van der Waals surface area contributed by atoms with Crippen molar-refractivity contribution in [2.45, 2.75) is 13.0 Å². The first kappa shape index (κ1) is 12.1. The minimum absolute atomic E-state index is 0.849. The second-order valence-corrected chi connectivity index (χ2v) is 2.94. The number of rotatable bonds is 3. The van der Waals surface area contributed by atoms with Crippen LogP contribution in [0.3, 0.4) is 0 Å². The highest BCUT2D eigenvalue weighted by molar-refractivity contribution is 5.77. The van der Waals surface area contributed by atoms with Gasteiger partial charge in [0.25, 0.3) is 0 Å². The van der Waals surface area contributed by atoms with E-state index in [0.29, 0.717) is 0 Å². The van der Waals surface area contributed by atoms with Gasteiger partial charge in [0.15, 0.2) is 6.10 Å². The molecule has 0 aliphatic heterocycles. The van der Waals surface area contributed by atoms with Gasteiger partial charge in [0.1, 0.15) is 11.6 Å². The maximum absolute atomic E-state index is 13.2. The van der Waals surface area contributed by atoms with E-state index < -0.39 is 35.2 Å². The number of benzene rings is 1. The molecule has 0 saturated heterocycles. The van der Waals surface area contributed by atoms with Crippen molar-refractivity contribution >= 4 is 11.9 Å². The van der Waals surface area contributed by atoms with E-state index >= 15 is 0 Å². The van der Waals surface area contributed by atoms with Crippen molar-refractivity contribution in [3.05, 3.63) is 35.4 Å². The molecule has 0 fully saturated rings. The topological polar surface area (TPSA) is 66.4 Å². The molecule has 0 aromatic heterocycles. The van der Waals surface area contributed by atoms with E-state index in [-0.39, 0.29) is 0 Å². The Morgan fingerprint density at radius 2 is 1.81 bits per heavy atom. The summed E-state index contributed by atoms with van der Waals surface area (Å²) in [5, 5.41) is 10.6. The first-order valence-corrected chi connectivity index (χ1v) is 4.25. The van der Waals surface area contributed by atoms with E-state index in [1.165, 1.54) is 0 Å². The van der Waals surface area contributed by atoms with E-state index in [9.17, 15) is 23.5 Å². The molecule has 0 unspecified atom stereocenters. The summed E-state index contributed by atoms with van der Waals surface area (Å²) in [6, 6.07) is 2.78. The summed E-state index contributed by atoms with van der Waals surface area (Å²) in [5.41, 5.74) is -0.849. The van der Waals surface area contributed by atoms with Gasteiger partial charge in [-0.15, -0.1) is 0 Å². The molecule has 4 nitrogen and oxygen atoms in total. The molecule has 0 spiro atoms. The van der Waals surface area contributed by atoms with Crippen LogP contribution in [0, 0.1) is 11.6 Å². The second kappa shape index (κ2) is 4.69. The van der Waals surface area contributed by atoms with Crippen molar-refractivity contribution in [2.75, 3.05) is 0 Å². The average Bonchev–Trinajstić information content (AvgIpc) is 2.15.